The zero-order valence-corrected chi connectivity index (χ0v) is 79.9. The van der Waals surface area contributed by atoms with E-state index in [1.54, 1.807) is 0 Å². The highest BCUT2D eigenvalue weighted by molar-refractivity contribution is 5.79. The minimum Gasteiger partial charge on any atom is -0.481 e. The molecule has 3 atom stereocenters. The van der Waals surface area contributed by atoms with Crippen molar-refractivity contribution in [3.63, 3.8) is 0 Å². The fourth-order valence-electron chi connectivity index (χ4n) is 17.2. The van der Waals surface area contributed by atoms with Gasteiger partial charge in [0, 0.05) is 303 Å². The summed E-state index contributed by atoms with van der Waals surface area (Å²) < 4.78 is 0. The van der Waals surface area contributed by atoms with E-state index in [-0.39, 0.29) is 96.8 Å². The molecule has 129 heavy (non-hydrogen) atoms. The van der Waals surface area contributed by atoms with Crippen molar-refractivity contribution in [1.82, 2.24) is 149 Å². The first-order valence-corrected chi connectivity index (χ1v) is 48.8. The Morgan fingerprint density at radius 3 is 0.574 bits per heavy atom. The summed E-state index contributed by atoms with van der Waals surface area (Å²) in [5, 5.41) is 134. The monoisotopic (exact) mass is 1840 g/mol. The third-order valence-corrected chi connectivity index (χ3v) is 24.7. The average molecular weight is 1840 g/mol. The Balaban J connectivity index is 0.000000306. The lowest BCUT2D eigenvalue weighted by Crippen LogP contribution is -2.67. The van der Waals surface area contributed by atoms with Gasteiger partial charge in [0.25, 0.3) is 0 Å². The van der Waals surface area contributed by atoms with E-state index in [9.17, 15) is 38.4 Å². The SMILES string of the molecule is CC12CNCCCNCC(NC(=O)CCCC(=O)O)(CNCCCNC1)CNCCCNC2.CC12CNCCNCC(NC(=O)CCCC(=O)O)(CNCCNC1)CNCCNC2.CC1CNCC2(C)CNCC(C)CNCC(NC(=O)CCCC(=O)O)(CNC1)CNCC(C)CNC2.NC12CNCCNCC(NC(=O)CCCC(=O)O)(CNCCNC1)CNCCNC2. The molecule has 4 amide bonds. The van der Waals surface area contributed by atoms with E-state index in [1.165, 1.54) is 0 Å². The van der Waals surface area contributed by atoms with Gasteiger partial charge in [0.05, 0.1) is 27.7 Å². The Bertz CT molecular complexity index is 2800. The number of aliphatic carboxylic acids is 4. The first-order chi connectivity index (χ1) is 61.9. The summed E-state index contributed by atoms with van der Waals surface area (Å²) >= 11 is 0. The van der Waals surface area contributed by atoms with Crippen molar-refractivity contribution < 1.29 is 58.8 Å². The van der Waals surface area contributed by atoms with Crippen LogP contribution in [0.3, 0.4) is 0 Å². The quantitative estimate of drug-likeness (QED) is 0.0538. The van der Waals surface area contributed by atoms with Gasteiger partial charge in [0.1, 0.15) is 0 Å². The molecule has 41 nitrogen and oxygen atoms in total. The standard InChI is InChI=1S/C26H53N7O3.C23H47N7O3.C20H41N7O3.C19H40N8O3/c1-20-8-27-14-25(4)15-28-9-21(2)12-31-18-26(17-30-11-20,19-32-13-22(3)10-29-16-25)33-23(34)6-5-7-24(35)36;1-22-14-24-8-3-11-27-17-23(18-28-12-4-9-25-15-22,19-29-13-5-10-26-16-22)30-20(31)6-2-7-21(32)33;1-19-11-21-5-8-24-14-20(15-25-9-6-22-12-19,16-26-10-7-23-13-19)27-17(28)3-2-4-18(29)30;20-18-10-21-4-7-24-13-19(14-25-8-5-22-11-18,15-26-9-6-23-12-18)27-16(28)2-1-3-17(29)30/h20-22,27-32H,5-19H2,1-4H3,(H,33,34)(H,35,36);24-29H,2-19H2,1H3,(H,30,31)(H,32,33);21-26H,2-16H2,1H3,(H,27,28)(H,29,30);21-26H,1-15,20H2,(H,27,28)(H,29,30). The van der Waals surface area contributed by atoms with Crippen LogP contribution in [0.1, 0.15) is 138 Å². The predicted molar refractivity (Wildman–Crippen MR) is 511 cm³/mol. The molecule has 750 valence electrons. The maximum Gasteiger partial charge on any atom is 0.303 e. The van der Waals surface area contributed by atoms with E-state index in [1.807, 2.05) is 0 Å². The Morgan fingerprint density at radius 1 is 0.233 bits per heavy atom. The number of carboxylic acids is 4. The molecule has 8 bridgehead atoms. The van der Waals surface area contributed by atoms with Gasteiger partial charge in [-0.15, -0.1) is 0 Å². The molecule has 0 radical (unpaired) electrons. The van der Waals surface area contributed by atoms with Crippen LogP contribution in [-0.4, -0.2) is 410 Å². The molecule has 12 saturated heterocycles. The van der Waals surface area contributed by atoms with Crippen molar-refractivity contribution in [1.29, 1.82) is 0 Å². The van der Waals surface area contributed by atoms with Gasteiger partial charge in [0.2, 0.25) is 23.6 Å². The molecule has 12 heterocycles. The fraction of sp³-hybridized carbons (Fsp3) is 0.909. The molecule has 0 aliphatic carbocycles. The summed E-state index contributed by atoms with van der Waals surface area (Å²) in [5.41, 5.74) is 4.70. The van der Waals surface area contributed by atoms with Gasteiger partial charge in [-0.3, -0.25) is 38.4 Å². The third kappa shape index (κ3) is 53.6. The Hall–Kier alpha value is -5.24. The van der Waals surface area contributed by atoms with Crippen molar-refractivity contribution in [2.45, 2.75) is 166 Å². The van der Waals surface area contributed by atoms with Crippen molar-refractivity contribution in [2.24, 2.45) is 39.7 Å². The maximum absolute atomic E-state index is 12.9. The van der Waals surface area contributed by atoms with E-state index >= 15 is 0 Å². The van der Waals surface area contributed by atoms with Crippen LogP contribution in [-0.2, 0) is 38.4 Å². The first-order valence-electron chi connectivity index (χ1n) is 48.8. The van der Waals surface area contributed by atoms with E-state index in [2.05, 4.69) is 190 Å². The molecule has 12 aliphatic rings. The number of fused-ring (bicyclic) bond motifs is 66. The number of carbonyl (C=O) groups excluding carboxylic acids is 4. The van der Waals surface area contributed by atoms with Crippen LogP contribution < -0.4 is 155 Å². The predicted octanol–water partition coefficient (Wildman–Crippen LogP) is -7.56. The van der Waals surface area contributed by atoms with Crippen LogP contribution in [0.2, 0.25) is 0 Å². The Kier molecular flexibility index (Phi) is 58.0. The van der Waals surface area contributed by atoms with Crippen molar-refractivity contribution in [3.05, 3.63) is 0 Å². The van der Waals surface area contributed by atoms with E-state index in [4.69, 9.17) is 26.2 Å². The molecule has 0 spiro atoms. The van der Waals surface area contributed by atoms with E-state index in [0.29, 0.717) is 142 Å². The number of nitrogens with two attached hydrogens (primary N) is 1. The molecular weight excluding hydrogens is 1660 g/mol. The van der Waals surface area contributed by atoms with Crippen LogP contribution in [0.25, 0.3) is 0 Å². The van der Waals surface area contributed by atoms with E-state index < -0.39 is 46.0 Å². The summed E-state index contributed by atoms with van der Waals surface area (Å²) in [5.74, 6) is -2.55. The molecule has 12 aliphatic heterocycles. The molecule has 41 heteroatoms. The zero-order valence-electron chi connectivity index (χ0n) is 79.9. The zero-order chi connectivity index (χ0) is 93.7. The summed E-state index contributed by atoms with van der Waals surface area (Å²) in [6.45, 7) is 52.5. The number of carboxylic acid groups (broad SMARTS) is 4. The highest BCUT2D eigenvalue weighted by atomic mass is 16.4. The lowest BCUT2D eigenvalue weighted by atomic mass is 9.89. The van der Waals surface area contributed by atoms with Gasteiger partial charge in [-0.05, 0) is 141 Å². The molecule has 12 fully saturated rings. The lowest BCUT2D eigenvalue weighted by molar-refractivity contribution is -0.138. The van der Waals surface area contributed by atoms with E-state index in [0.717, 1.165) is 235 Å². The van der Waals surface area contributed by atoms with Gasteiger partial charge in [-0.25, -0.2) is 0 Å². The van der Waals surface area contributed by atoms with Gasteiger partial charge in [-0.2, -0.15) is 0 Å². The second-order valence-corrected chi connectivity index (χ2v) is 39.4. The van der Waals surface area contributed by atoms with Crippen LogP contribution in [0.4, 0.5) is 0 Å². The summed E-state index contributed by atoms with van der Waals surface area (Å²) in [4.78, 5) is 94.0. The van der Waals surface area contributed by atoms with Crippen LogP contribution >= 0.6 is 0 Å². The first kappa shape index (κ1) is 114. The van der Waals surface area contributed by atoms with Crippen molar-refractivity contribution in [2.75, 3.05) is 314 Å². The largest absolute Gasteiger partial charge is 0.481 e. The Morgan fingerprint density at radius 2 is 0.380 bits per heavy atom. The molecular formula is C88H181N29O12. The highest BCUT2D eigenvalue weighted by Crippen LogP contribution is 2.19. The Labute approximate surface area is 771 Å². The number of carbonyl (C=O) groups is 8. The fourth-order valence-corrected chi connectivity index (χ4v) is 17.2. The molecule has 0 aromatic heterocycles. The highest BCUT2D eigenvalue weighted by Gasteiger charge is 2.38. The van der Waals surface area contributed by atoms with Gasteiger partial charge >= 0.3 is 23.9 Å². The minimum absolute atomic E-state index is 0.000806. The van der Waals surface area contributed by atoms with Crippen molar-refractivity contribution >= 4 is 47.5 Å². The van der Waals surface area contributed by atoms with Gasteiger partial charge in [0.15, 0.2) is 0 Å². The lowest BCUT2D eigenvalue weighted by Gasteiger charge is -2.38. The molecule has 12 rings (SSSR count). The van der Waals surface area contributed by atoms with Crippen LogP contribution in [0.15, 0.2) is 0 Å². The number of amides is 4. The number of hydrogen-bond donors (Lipinski definition) is 33. The molecule has 3 unspecified atom stereocenters. The summed E-state index contributed by atoms with van der Waals surface area (Å²) in [6.07, 6.45) is 5.33. The minimum atomic E-state index is -0.879. The smallest absolute Gasteiger partial charge is 0.303 e. The normalized spacial score (nSPS) is 31.2. The maximum atomic E-state index is 12.9. The van der Waals surface area contributed by atoms with Gasteiger partial charge < -0.3 is 175 Å². The molecule has 0 aromatic carbocycles. The van der Waals surface area contributed by atoms with Crippen LogP contribution in [0.5, 0.6) is 0 Å². The molecule has 0 saturated carbocycles. The molecule has 0 aromatic rings. The second kappa shape index (κ2) is 65.4. The number of hydrogen-bond acceptors (Lipinski definition) is 33. The molecule has 34 N–H and O–H groups in total. The third-order valence-electron chi connectivity index (χ3n) is 24.7. The second-order valence-electron chi connectivity index (χ2n) is 39.4. The average Bonchev–Trinajstić information content (AvgIpc) is 0.854. The van der Waals surface area contributed by atoms with Crippen LogP contribution in [0, 0.1) is 34.0 Å². The number of rotatable bonds is 20. The van der Waals surface area contributed by atoms with Gasteiger partial charge in [-0.1, -0.05) is 41.5 Å². The summed E-state index contributed by atoms with van der Waals surface area (Å²) in [6, 6.07) is 0. The topological polar surface area (TPSA) is 580 Å². The number of nitrogens with one attached hydrogen (secondary N) is 28. The summed E-state index contributed by atoms with van der Waals surface area (Å²) in [7, 11) is 0. The van der Waals surface area contributed by atoms with Crippen molar-refractivity contribution in [3.8, 4) is 0 Å².